The molecular formula is C11H13N3O2. The topological polar surface area (TPSA) is 53.9 Å². The second-order valence-electron chi connectivity index (χ2n) is 3.45. The first kappa shape index (κ1) is 10.5. The van der Waals surface area contributed by atoms with Crippen LogP contribution in [-0.2, 0) is 4.79 Å². The number of hydrogen-bond donors (Lipinski definition) is 1. The molecule has 0 fully saturated rings. The molecule has 0 aromatic heterocycles. The minimum Gasteiger partial charge on any atom is -0.497 e. The van der Waals surface area contributed by atoms with Gasteiger partial charge in [-0.25, -0.2) is 5.01 Å². The Kier molecular flexibility index (Phi) is 2.76. The van der Waals surface area contributed by atoms with E-state index in [4.69, 9.17) is 4.74 Å². The fraction of sp³-hybridized carbons (Fsp3) is 0.273. The number of nitrogens with one attached hydrogen (secondary N) is 1. The molecule has 0 saturated carbocycles. The number of methoxy groups -OCH3 is 1. The number of nitrogens with zero attached hydrogens (tertiary/aromatic N) is 2. The van der Waals surface area contributed by atoms with E-state index in [1.54, 1.807) is 26.2 Å². The number of carbonyl (C=O) groups excluding carboxylic acids is 1. The highest BCUT2D eigenvalue weighted by molar-refractivity contribution is 6.00. The molecule has 16 heavy (non-hydrogen) atoms. The van der Waals surface area contributed by atoms with Crippen LogP contribution in [0.4, 0.5) is 5.69 Å². The van der Waals surface area contributed by atoms with Crippen molar-refractivity contribution in [1.82, 2.24) is 5.43 Å². The molecule has 1 heterocycles. The molecule has 84 valence electrons. The molecule has 1 amide bonds. The first-order chi connectivity index (χ1) is 7.72. The fourth-order valence-electron chi connectivity index (χ4n) is 1.45. The molecule has 1 unspecified atom stereocenters. The lowest BCUT2D eigenvalue weighted by Crippen LogP contribution is -2.50. The van der Waals surface area contributed by atoms with E-state index in [-0.39, 0.29) is 11.9 Å². The fourth-order valence-corrected chi connectivity index (χ4v) is 1.45. The average Bonchev–Trinajstić information content (AvgIpc) is 2.33. The Morgan fingerprint density at radius 1 is 1.38 bits per heavy atom. The molecule has 1 N–H and O–H groups in total. The molecule has 1 aliphatic rings. The van der Waals surface area contributed by atoms with Gasteiger partial charge >= 0.3 is 0 Å². The van der Waals surface area contributed by atoms with Crippen LogP contribution < -0.4 is 15.2 Å². The van der Waals surface area contributed by atoms with E-state index in [1.165, 1.54) is 11.3 Å². The molecule has 0 saturated heterocycles. The van der Waals surface area contributed by atoms with Crippen molar-refractivity contribution >= 4 is 17.9 Å². The van der Waals surface area contributed by atoms with Crippen LogP contribution >= 0.6 is 0 Å². The van der Waals surface area contributed by atoms with E-state index in [1.807, 2.05) is 12.1 Å². The van der Waals surface area contributed by atoms with Gasteiger partial charge in [-0.2, -0.15) is 0 Å². The predicted octanol–water partition coefficient (Wildman–Crippen LogP) is 0.963. The molecule has 5 nitrogen and oxygen atoms in total. The largest absolute Gasteiger partial charge is 0.497 e. The maximum absolute atomic E-state index is 11.8. The lowest BCUT2D eigenvalue weighted by molar-refractivity contribution is -0.120. The van der Waals surface area contributed by atoms with Gasteiger partial charge in [-0.15, -0.1) is 0 Å². The van der Waals surface area contributed by atoms with Gasteiger partial charge in [-0.05, 0) is 31.2 Å². The van der Waals surface area contributed by atoms with Crippen molar-refractivity contribution in [2.45, 2.75) is 13.0 Å². The third-order valence-corrected chi connectivity index (χ3v) is 2.39. The summed E-state index contributed by atoms with van der Waals surface area (Å²) in [6.07, 6.45) is 1.52. The number of anilines is 1. The Balaban J connectivity index is 2.23. The quantitative estimate of drug-likeness (QED) is 0.806. The van der Waals surface area contributed by atoms with Crippen LogP contribution in [0.1, 0.15) is 6.92 Å². The molecule has 1 aromatic carbocycles. The smallest absolute Gasteiger partial charge is 0.270 e. The zero-order valence-electron chi connectivity index (χ0n) is 9.18. The summed E-state index contributed by atoms with van der Waals surface area (Å²) in [5.74, 6) is 0.683. The number of ether oxygens (including phenoxy) is 1. The number of amides is 1. The Morgan fingerprint density at radius 3 is 2.69 bits per heavy atom. The second-order valence-corrected chi connectivity index (χ2v) is 3.45. The van der Waals surface area contributed by atoms with E-state index < -0.39 is 0 Å². The summed E-state index contributed by atoms with van der Waals surface area (Å²) < 4.78 is 5.05. The number of benzene rings is 1. The summed E-state index contributed by atoms with van der Waals surface area (Å²) in [6, 6.07) is 6.90. The summed E-state index contributed by atoms with van der Waals surface area (Å²) >= 11 is 0. The standard InChI is InChI=1S/C11H13N3O2/c1-8-11(15)14(13-7-12-8)9-3-5-10(16-2)6-4-9/h3-8H,1-2H3,(H,12,13). The number of rotatable bonds is 2. The maximum Gasteiger partial charge on any atom is 0.270 e. The molecule has 0 radical (unpaired) electrons. The van der Waals surface area contributed by atoms with Crippen LogP contribution in [-0.4, -0.2) is 25.4 Å². The van der Waals surface area contributed by atoms with Crippen molar-refractivity contribution in [1.29, 1.82) is 0 Å². The van der Waals surface area contributed by atoms with E-state index in [0.29, 0.717) is 0 Å². The summed E-state index contributed by atoms with van der Waals surface area (Å²) in [5, 5.41) is 1.47. The minimum atomic E-state index is -0.344. The Bertz CT molecular complexity index is 414. The first-order valence-electron chi connectivity index (χ1n) is 4.98. The number of hydrogen-bond acceptors (Lipinski definition) is 4. The van der Waals surface area contributed by atoms with Gasteiger partial charge in [0, 0.05) is 0 Å². The van der Waals surface area contributed by atoms with Crippen LogP contribution in [0.15, 0.2) is 29.3 Å². The van der Waals surface area contributed by atoms with E-state index >= 15 is 0 Å². The molecule has 2 rings (SSSR count). The molecule has 5 heteroatoms. The van der Waals surface area contributed by atoms with E-state index in [2.05, 4.69) is 10.4 Å². The van der Waals surface area contributed by atoms with Crippen molar-refractivity contribution in [2.75, 3.05) is 12.1 Å². The van der Waals surface area contributed by atoms with Crippen molar-refractivity contribution in [3.05, 3.63) is 24.3 Å². The molecule has 0 bridgehead atoms. The zero-order chi connectivity index (χ0) is 11.5. The summed E-state index contributed by atoms with van der Waals surface area (Å²) in [6.45, 7) is 1.76. The molecule has 0 aliphatic carbocycles. The third kappa shape index (κ3) is 1.84. The van der Waals surface area contributed by atoms with Crippen LogP contribution in [0.3, 0.4) is 0 Å². The number of carbonyl (C=O) groups is 1. The second kappa shape index (κ2) is 4.22. The van der Waals surface area contributed by atoms with Gasteiger partial charge in [-0.1, -0.05) is 0 Å². The van der Waals surface area contributed by atoms with Gasteiger partial charge < -0.3 is 4.74 Å². The van der Waals surface area contributed by atoms with Crippen LogP contribution in [0.5, 0.6) is 5.75 Å². The summed E-state index contributed by atoms with van der Waals surface area (Å²) in [7, 11) is 1.61. The zero-order valence-corrected chi connectivity index (χ0v) is 9.18. The van der Waals surface area contributed by atoms with Gasteiger partial charge in [0.1, 0.15) is 18.1 Å². The number of hydrazine groups is 1. The Morgan fingerprint density at radius 2 is 2.06 bits per heavy atom. The Labute approximate surface area is 93.7 Å². The lowest BCUT2D eigenvalue weighted by atomic mass is 10.2. The van der Waals surface area contributed by atoms with Crippen molar-refractivity contribution < 1.29 is 9.53 Å². The monoisotopic (exact) mass is 219 g/mol. The molecule has 1 aromatic rings. The number of aliphatic imine (C=N–C) groups is 1. The van der Waals surface area contributed by atoms with Crippen LogP contribution in [0.2, 0.25) is 0 Å². The Hall–Kier alpha value is -2.04. The third-order valence-electron chi connectivity index (χ3n) is 2.39. The lowest BCUT2D eigenvalue weighted by Gasteiger charge is -2.27. The normalized spacial score (nSPS) is 19.5. The predicted molar refractivity (Wildman–Crippen MR) is 61.6 cm³/mol. The molecule has 1 atom stereocenters. The highest BCUT2D eigenvalue weighted by Crippen LogP contribution is 2.19. The molecule has 0 spiro atoms. The van der Waals surface area contributed by atoms with Crippen LogP contribution in [0.25, 0.3) is 0 Å². The summed E-state index contributed by atoms with van der Waals surface area (Å²) in [5.41, 5.74) is 3.57. The van der Waals surface area contributed by atoms with Gasteiger partial charge in [0.2, 0.25) is 0 Å². The molecular weight excluding hydrogens is 206 g/mol. The summed E-state index contributed by atoms with van der Waals surface area (Å²) in [4.78, 5) is 15.8. The van der Waals surface area contributed by atoms with E-state index in [0.717, 1.165) is 11.4 Å². The van der Waals surface area contributed by atoms with Crippen molar-refractivity contribution in [2.24, 2.45) is 4.99 Å². The van der Waals surface area contributed by atoms with E-state index in [9.17, 15) is 4.79 Å². The van der Waals surface area contributed by atoms with Gasteiger partial charge in [-0.3, -0.25) is 15.2 Å². The van der Waals surface area contributed by atoms with Crippen LogP contribution in [0, 0.1) is 0 Å². The maximum atomic E-state index is 11.8. The first-order valence-corrected chi connectivity index (χ1v) is 4.98. The SMILES string of the molecule is COc1ccc(N2NC=NC(C)C2=O)cc1. The van der Waals surface area contributed by atoms with Gasteiger partial charge in [0.05, 0.1) is 12.8 Å². The highest BCUT2D eigenvalue weighted by atomic mass is 16.5. The molecule has 1 aliphatic heterocycles. The van der Waals surface area contributed by atoms with Crippen molar-refractivity contribution in [3.8, 4) is 5.75 Å². The van der Waals surface area contributed by atoms with Crippen molar-refractivity contribution in [3.63, 3.8) is 0 Å². The minimum absolute atomic E-state index is 0.0762. The van der Waals surface area contributed by atoms with Gasteiger partial charge in [0.15, 0.2) is 0 Å². The van der Waals surface area contributed by atoms with Gasteiger partial charge in [0.25, 0.3) is 5.91 Å². The highest BCUT2D eigenvalue weighted by Gasteiger charge is 2.23. The average molecular weight is 219 g/mol.